The van der Waals surface area contributed by atoms with Crippen LogP contribution in [0, 0.1) is 6.92 Å². The first-order valence-electron chi connectivity index (χ1n) is 8.58. The van der Waals surface area contributed by atoms with Gasteiger partial charge in [-0.25, -0.2) is 4.79 Å². The maximum atomic E-state index is 12.1. The summed E-state index contributed by atoms with van der Waals surface area (Å²) in [7, 11) is 0. The molecule has 1 aromatic heterocycles. The number of nitrogens with one attached hydrogen (secondary N) is 2. The molecule has 6 heteroatoms. The third-order valence-electron chi connectivity index (χ3n) is 4.51. The molecule has 1 aliphatic rings. The molecule has 3 rings (SSSR count). The fourth-order valence-electron chi connectivity index (χ4n) is 3.05. The van der Waals surface area contributed by atoms with Crippen molar-refractivity contribution in [3.05, 3.63) is 54.0 Å². The fraction of sp³-hybridized carbons (Fsp3) is 0.421. The number of carbonyl (C=O) groups excluding carboxylic acids is 1. The van der Waals surface area contributed by atoms with Crippen molar-refractivity contribution < 1.29 is 14.3 Å². The number of aryl methyl sites for hydroxylation is 1. The first-order valence-corrected chi connectivity index (χ1v) is 8.58. The van der Waals surface area contributed by atoms with Crippen molar-refractivity contribution >= 4 is 11.7 Å². The molecule has 6 nitrogen and oxygen atoms in total. The highest BCUT2D eigenvalue weighted by Crippen LogP contribution is 2.22. The molecule has 2 aromatic rings. The Morgan fingerprint density at radius 1 is 1.32 bits per heavy atom. The second kappa shape index (κ2) is 7.19. The molecule has 0 aliphatic carbocycles. The van der Waals surface area contributed by atoms with E-state index in [0.29, 0.717) is 5.76 Å². The number of furan rings is 1. The summed E-state index contributed by atoms with van der Waals surface area (Å²) in [5.74, 6) is 1.17. The molecular weight excluding hydrogens is 318 g/mol. The normalized spacial score (nSPS) is 19.5. The van der Waals surface area contributed by atoms with E-state index < -0.39 is 5.60 Å². The zero-order valence-electron chi connectivity index (χ0n) is 14.7. The molecule has 0 spiro atoms. The first kappa shape index (κ1) is 17.4. The number of urea groups is 1. The summed E-state index contributed by atoms with van der Waals surface area (Å²) < 4.78 is 5.45. The highest BCUT2D eigenvalue weighted by atomic mass is 16.4. The van der Waals surface area contributed by atoms with Gasteiger partial charge in [-0.2, -0.15) is 0 Å². The second-order valence-corrected chi connectivity index (χ2v) is 6.78. The number of hydrogen-bond acceptors (Lipinski definition) is 4. The topological polar surface area (TPSA) is 77.7 Å². The molecule has 134 valence electrons. The summed E-state index contributed by atoms with van der Waals surface area (Å²) in [6.07, 6.45) is 0.899. The number of carbonyl (C=O) groups is 1. The van der Waals surface area contributed by atoms with E-state index in [4.69, 9.17) is 4.42 Å². The Kier molecular flexibility index (Phi) is 4.99. The van der Waals surface area contributed by atoms with Crippen molar-refractivity contribution in [2.75, 3.05) is 24.5 Å². The number of rotatable bonds is 5. The van der Waals surface area contributed by atoms with Crippen LogP contribution in [0.25, 0.3) is 0 Å². The molecule has 0 unspecified atom stereocenters. The molecule has 25 heavy (non-hydrogen) atoms. The van der Waals surface area contributed by atoms with Gasteiger partial charge in [0.2, 0.25) is 0 Å². The summed E-state index contributed by atoms with van der Waals surface area (Å²) in [6, 6.07) is 13.5. The Balaban J connectivity index is 1.47. The minimum Gasteiger partial charge on any atom is -0.463 e. The number of anilines is 1. The monoisotopic (exact) mass is 343 g/mol. The second-order valence-electron chi connectivity index (χ2n) is 6.78. The number of aliphatic hydroxyl groups is 1. The molecule has 1 aliphatic heterocycles. The largest absolute Gasteiger partial charge is 0.463 e. The van der Waals surface area contributed by atoms with E-state index in [2.05, 4.69) is 27.7 Å². The van der Waals surface area contributed by atoms with E-state index in [0.717, 1.165) is 25.3 Å². The lowest BCUT2D eigenvalue weighted by atomic mass is 10.0. The smallest absolute Gasteiger partial charge is 0.315 e. The van der Waals surface area contributed by atoms with Gasteiger partial charge in [0.05, 0.1) is 6.54 Å². The lowest BCUT2D eigenvalue weighted by Gasteiger charge is -2.22. The summed E-state index contributed by atoms with van der Waals surface area (Å²) >= 11 is 0. The van der Waals surface area contributed by atoms with Gasteiger partial charge in [0.15, 0.2) is 0 Å². The maximum absolute atomic E-state index is 12.1. The van der Waals surface area contributed by atoms with Gasteiger partial charge in [-0.15, -0.1) is 0 Å². The Hall–Kier alpha value is -2.47. The molecule has 0 saturated carbocycles. The average Bonchev–Trinajstić information content (AvgIpc) is 3.23. The van der Waals surface area contributed by atoms with Crippen molar-refractivity contribution in [3.8, 4) is 0 Å². The van der Waals surface area contributed by atoms with Crippen LogP contribution in [0.5, 0.6) is 0 Å². The van der Waals surface area contributed by atoms with Crippen LogP contribution >= 0.6 is 0 Å². The minimum absolute atomic E-state index is 0.0842. The van der Waals surface area contributed by atoms with E-state index in [1.807, 2.05) is 25.1 Å². The van der Waals surface area contributed by atoms with Gasteiger partial charge >= 0.3 is 6.03 Å². The van der Waals surface area contributed by atoms with E-state index in [1.165, 1.54) is 5.69 Å². The van der Waals surface area contributed by atoms with Crippen molar-refractivity contribution in [2.24, 2.45) is 0 Å². The van der Waals surface area contributed by atoms with E-state index >= 15 is 0 Å². The number of benzene rings is 1. The van der Waals surface area contributed by atoms with Gasteiger partial charge in [-0.05, 0) is 44.5 Å². The zero-order chi connectivity index (χ0) is 17.9. The summed E-state index contributed by atoms with van der Waals surface area (Å²) in [6.45, 7) is 5.22. The van der Waals surface area contributed by atoms with Crippen LogP contribution in [-0.2, 0) is 5.60 Å². The molecule has 1 aromatic carbocycles. The highest BCUT2D eigenvalue weighted by Gasteiger charge is 2.29. The number of para-hydroxylation sites is 1. The molecule has 3 N–H and O–H groups in total. The minimum atomic E-state index is -1.24. The van der Waals surface area contributed by atoms with Crippen LogP contribution in [0.4, 0.5) is 10.5 Å². The molecule has 2 heterocycles. The third kappa shape index (κ3) is 4.33. The van der Waals surface area contributed by atoms with Crippen LogP contribution in [0.3, 0.4) is 0 Å². The quantitative estimate of drug-likeness (QED) is 0.779. The van der Waals surface area contributed by atoms with Gasteiger partial charge in [0.25, 0.3) is 0 Å². The number of amides is 2. The van der Waals surface area contributed by atoms with Crippen molar-refractivity contribution in [3.63, 3.8) is 0 Å². The van der Waals surface area contributed by atoms with E-state index in [1.54, 1.807) is 19.1 Å². The van der Waals surface area contributed by atoms with Crippen molar-refractivity contribution in [1.82, 2.24) is 10.6 Å². The Bertz CT molecular complexity index is 712. The summed E-state index contributed by atoms with van der Waals surface area (Å²) in [4.78, 5) is 14.4. The van der Waals surface area contributed by atoms with Crippen molar-refractivity contribution in [2.45, 2.75) is 31.9 Å². The van der Waals surface area contributed by atoms with Crippen LogP contribution in [-0.4, -0.2) is 36.8 Å². The predicted molar refractivity (Wildman–Crippen MR) is 96.6 cm³/mol. The summed E-state index contributed by atoms with van der Waals surface area (Å²) in [5, 5.41) is 16.2. The lowest BCUT2D eigenvalue weighted by Crippen LogP contribution is -2.47. The van der Waals surface area contributed by atoms with Crippen LogP contribution in [0.1, 0.15) is 24.9 Å². The van der Waals surface area contributed by atoms with E-state index in [9.17, 15) is 9.90 Å². The molecular formula is C19H25N3O3. The Labute approximate surface area is 147 Å². The highest BCUT2D eigenvalue weighted by molar-refractivity contribution is 5.74. The molecule has 2 atom stereocenters. The molecule has 0 bridgehead atoms. The Morgan fingerprint density at radius 2 is 2.08 bits per heavy atom. The predicted octanol–water partition coefficient (Wildman–Crippen LogP) is 2.37. The SMILES string of the molecule is Cc1ccc([C@](C)(O)CNC(=O)N[C@@H]2CCN(c3ccccc3)C2)o1. The van der Waals surface area contributed by atoms with Crippen molar-refractivity contribution in [1.29, 1.82) is 0 Å². The molecule has 0 radical (unpaired) electrons. The van der Waals surface area contributed by atoms with Crippen LogP contribution in [0.15, 0.2) is 46.9 Å². The van der Waals surface area contributed by atoms with Gasteiger partial charge in [0.1, 0.15) is 17.1 Å². The molecule has 2 amide bonds. The zero-order valence-corrected chi connectivity index (χ0v) is 14.7. The number of nitrogens with zero attached hydrogens (tertiary/aromatic N) is 1. The van der Waals surface area contributed by atoms with Gasteiger partial charge < -0.3 is 25.1 Å². The Morgan fingerprint density at radius 3 is 2.76 bits per heavy atom. The molecule has 1 saturated heterocycles. The van der Waals surface area contributed by atoms with Crippen LogP contribution < -0.4 is 15.5 Å². The average molecular weight is 343 g/mol. The fourth-order valence-corrected chi connectivity index (χ4v) is 3.05. The number of hydrogen-bond donors (Lipinski definition) is 3. The maximum Gasteiger partial charge on any atom is 0.315 e. The standard InChI is InChI=1S/C19H25N3O3/c1-14-8-9-17(25-14)19(2,24)13-20-18(23)21-15-10-11-22(12-15)16-6-4-3-5-7-16/h3-9,15,24H,10-13H2,1-2H3,(H2,20,21,23)/t15-,19-/m1/s1. The van der Waals surface area contributed by atoms with Gasteiger partial charge in [-0.1, -0.05) is 18.2 Å². The summed E-state index contributed by atoms with van der Waals surface area (Å²) in [5.41, 5.74) is -0.0690. The van der Waals surface area contributed by atoms with Gasteiger partial charge in [-0.3, -0.25) is 0 Å². The van der Waals surface area contributed by atoms with Gasteiger partial charge in [0, 0.05) is 24.8 Å². The van der Waals surface area contributed by atoms with E-state index in [-0.39, 0.29) is 18.6 Å². The first-order chi connectivity index (χ1) is 11.9. The third-order valence-corrected chi connectivity index (χ3v) is 4.51. The lowest BCUT2D eigenvalue weighted by molar-refractivity contribution is 0.0359. The van der Waals surface area contributed by atoms with Crippen LogP contribution in [0.2, 0.25) is 0 Å². The molecule has 1 fully saturated rings.